The summed E-state index contributed by atoms with van der Waals surface area (Å²) in [5.74, 6) is 1.13. The summed E-state index contributed by atoms with van der Waals surface area (Å²) in [6, 6.07) is 10.9. The third-order valence-electron chi connectivity index (χ3n) is 8.37. The van der Waals surface area contributed by atoms with Crippen molar-refractivity contribution < 1.29 is 14.6 Å². The fourth-order valence-corrected chi connectivity index (χ4v) is 5.72. The Kier molecular flexibility index (Phi) is 6.77. The molecule has 4 heteroatoms. The van der Waals surface area contributed by atoms with Gasteiger partial charge in [-0.05, 0) is 99.2 Å². The Balaban J connectivity index is 1.56. The van der Waals surface area contributed by atoms with Gasteiger partial charge in [0.2, 0.25) is 0 Å². The predicted molar refractivity (Wildman–Crippen MR) is 135 cm³/mol. The van der Waals surface area contributed by atoms with Crippen molar-refractivity contribution in [2.75, 3.05) is 13.1 Å². The molecule has 1 saturated heterocycles. The number of aliphatic carboxylic acids is 1. The molecule has 33 heavy (non-hydrogen) atoms. The van der Waals surface area contributed by atoms with E-state index in [0.29, 0.717) is 18.3 Å². The lowest BCUT2D eigenvalue weighted by molar-refractivity contribution is -0.150. The van der Waals surface area contributed by atoms with Crippen LogP contribution in [-0.4, -0.2) is 35.2 Å². The molecule has 0 spiro atoms. The average molecular weight is 452 g/mol. The first-order chi connectivity index (χ1) is 15.6. The Morgan fingerprint density at radius 3 is 2.27 bits per heavy atom. The van der Waals surface area contributed by atoms with E-state index < -0.39 is 11.4 Å². The SMILES string of the molecule is Cc1cc(OC2CCC(C(C)(C)C)CC2)c(CN2CCC(C)(C(=O)O)CC2)c2ccccc12. The van der Waals surface area contributed by atoms with Crippen LogP contribution in [0.2, 0.25) is 0 Å². The molecule has 4 nitrogen and oxygen atoms in total. The summed E-state index contributed by atoms with van der Waals surface area (Å²) in [6.07, 6.45) is 6.37. The third kappa shape index (κ3) is 5.21. The summed E-state index contributed by atoms with van der Waals surface area (Å²) in [5.41, 5.74) is 2.28. The largest absolute Gasteiger partial charge is 0.490 e. The monoisotopic (exact) mass is 451 g/mol. The van der Waals surface area contributed by atoms with Gasteiger partial charge in [0, 0.05) is 12.1 Å². The Labute approximate surface area is 199 Å². The van der Waals surface area contributed by atoms with E-state index in [2.05, 4.69) is 62.9 Å². The van der Waals surface area contributed by atoms with Crippen LogP contribution in [0.4, 0.5) is 0 Å². The van der Waals surface area contributed by atoms with Crippen LogP contribution in [0, 0.1) is 23.7 Å². The van der Waals surface area contributed by atoms with E-state index in [-0.39, 0.29) is 6.10 Å². The number of benzene rings is 2. The highest BCUT2D eigenvalue weighted by atomic mass is 16.5. The van der Waals surface area contributed by atoms with Gasteiger partial charge in [-0.3, -0.25) is 9.69 Å². The lowest BCUT2D eigenvalue weighted by Gasteiger charge is -2.38. The van der Waals surface area contributed by atoms with Crippen molar-refractivity contribution in [3.05, 3.63) is 41.5 Å². The number of rotatable bonds is 5. The van der Waals surface area contributed by atoms with Gasteiger partial charge in [-0.2, -0.15) is 0 Å². The van der Waals surface area contributed by atoms with Crippen molar-refractivity contribution in [2.45, 2.75) is 85.8 Å². The van der Waals surface area contributed by atoms with Gasteiger partial charge in [-0.25, -0.2) is 0 Å². The maximum atomic E-state index is 11.7. The average Bonchev–Trinajstić information content (AvgIpc) is 2.77. The molecular weight excluding hydrogens is 410 g/mol. The second kappa shape index (κ2) is 9.29. The predicted octanol–water partition coefficient (Wildman–Crippen LogP) is 6.82. The Morgan fingerprint density at radius 2 is 1.70 bits per heavy atom. The quantitative estimate of drug-likeness (QED) is 0.542. The van der Waals surface area contributed by atoms with Gasteiger partial charge < -0.3 is 9.84 Å². The van der Waals surface area contributed by atoms with E-state index in [4.69, 9.17) is 4.74 Å². The van der Waals surface area contributed by atoms with Crippen LogP contribution in [0.5, 0.6) is 5.75 Å². The van der Waals surface area contributed by atoms with Crippen molar-refractivity contribution in [1.29, 1.82) is 0 Å². The Bertz CT molecular complexity index is 990. The van der Waals surface area contributed by atoms with E-state index in [0.717, 1.165) is 44.1 Å². The van der Waals surface area contributed by atoms with Crippen molar-refractivity contribution in [3.8, 4) is 5.75 Å². The number of hydrogen-bond acceptors (Lipinski definition) is 3. The zero-order valence-corrected chi connectivity index (χ0v) is 21.1. The van der Waals surface area contributed by atoms with Crippen LogP contribution in [0.3, 0.4) is 0 Å². The van der Waals surface area contributed by atoms with Crippen LogP contribution in [0.15, 0.2) is 30.3 Å². The van der Waals surface area contributed by atoms with Crippen LogP contribution < -0.4 is 4.74 Å². The minimum atomic E-state index is -0.669. The van der Waals surface area contributed by atoms with Crippen LogP contribution in [0.1, 0.15) is 77.3 Å². The minimum absolute atomic E-state index is 0.277. The maximum absolute atomic E-state index is 11.7. The molecule has 1 heterocycles. The van der Waals surface area contributed by atoms with Gasteiger partial charge >= 0.3 is 5.97 Å². The normalized spacial score (nSPS) is 24.0. The van der Waals surface area contributed by atoms with E-state index in [1.807, 2.05) is 6.92 Å². The molecule has 0 aromatic heterocycles. The van der Waals surface area contributed by atoms with Crippen LogP contribution in [-0.2, 0) is 11.3 Å². The van der Waals surface area contributed by atoms with Gasteiger partial charge in [0.05, 0.1) is 11.5 Å². The molecular formula is C29H41NO3. The van der Waals surface area contributed by atoms with Crippen LogP contribution >= 0.6 is 0 Å². The van der Waals surface area contributed by atoms with Crippen molar-refractivity contribution in [3.63, 3.8) is 0 Å². The van der Waals surface area contributed by atoms with E-state index in [1.54, 1.807) is 0 Å². The topological polar surface area (TPSA) is 49.8 Å². The number of carboxylic acid groups (broad SMARTS) is 1. The maximum Gasteiger partial charge on any atom is 0.309 e. The highest BCUT2D eigenvalue weighted by Gasteiger charge is 2.37. The van der Waals surface area contributed by atoms with E-state index in [9.17, 15) is 9.90 Å². The number of aryl methyl sites for hydroxylation is 1. The second-order valence-electron chi connectivity index (χ2n) is 11.8. The summed E-state index contributed by atoms with van der Waals surface area (Å²) in [4.78, 5) is 14.1. The molecule has 0 radical (unpaired) electrons. The number of carbonyl (C=O) groups is 1. The fraction of sp³-hybridized carbons (Fsp3) is 0.621. The molecule has 1 aliphatic carbocycles. The molecule has 2 aliphatic rings. The molecule has 1 N–H and O–H groups in total. The third-order valence-corrected chi connectivity index (χ3v) is 8.37. The first-order valence-electron chi connectivity index (χ1n) is 12.7. The smallest absolute Gasteiger partial charge is 0.309 e. The van der Waals surface area contributed by atoms with Crippen molar-refractivity contribution in [1.82, 2.24) is 4.90 Å². The fourth-order valence-electron chi connectivity index (χ4n) is 5.72. The summed E-state index contributed by atoms with van der Waals surface area (Å²) < 4.78 is 6.74. The summed E-state index contributed by atoms with van der Waals surface area (Å²) in [7, 11) is 0. The molecule has 1 saturated carbocycles. The number of carboxylic acids is 1. The highest BCUT2D eigenvalue weighted by Crippen LogP contribution is 2.41. The van der Waals surface area contributed by atoms with Gasteiger partial charge in [0.1, 0.15) is 5.75 Å². The zero-order chi connectivity index (χ0) is 23.8. The molecule has 0 unspecified atom stereocenters. The first kappa shape index (κ1) is 24.1. The van der Waals surface area contributed by atoms with E-state index in [1.165, 1.54) is 34.7 Å². The molecule has 0 atom stereocenters. The van der Waals surface area contributed by atoms with Gasteiger partial charge in [0.15, 0.2) is 0 Å². The minimum Gasteiger partial charge on any atom is -0.490 e. The summed E-state index contributed by atoms with van der Waals surface area (Å²) >= 11 is 0. The second-order valence-corrected chi connectivity index (χ2v) is 11.8. The first-order valence-corrected chi connectivity index (χ1v) is 12.7. The van der Waals surface area contributed by atoms with Crippen molar-refractivity contribution >= 4 is 16.7 Å². The van der Waals surface area contributed by atoms with Gasteiger partial charge in [-0.15, -0.1) is 0 Å². The zero-order valence-electron chi connectivity index (χ0n) is 21.1. The van der Waals surface area contributed by atoms with Crippen molar-refractivity contribution in [2.24, 2.45) is 16.7 Å². The molecule has 0 bridgehead atoms. The standard InChI is InChI=1S/C29H41NO3/c1-20-18-26(33-22-12-10-21(11-13-22)28(2,3)4)25(24-9-7-6-8-23(20)24)19-30-16-14-29(5,15-17-30)27(31)32/h6-9,18,21-22H,10-17,19H2,1-5H3,(H,31,32). The van der Waals surface area contributed by atoms with Crippen LogP contribution in [0.25, 0.3) is 10.8 Å². The molecule has 0 amide bonds. The molecule has 4 rings (SSSR count). The number of nitrogens with zero attached hydrogens (tertiary/aromatic N) is 1. The Morgan fingerprint density at radius 1 is 1.09 bits per heavy atom. The lowest BCUT2D eigenvalue weighted by atomic mass is 9.72. The van der Waals surface area contributed by atoms with Gasteiger partial charge in [-0.1, -0.05) is 45.0 Å². The number of hydrogen-bond donors (Lipinski definition) is 1. The molecule has 2 aromatic carbocycles. The van der Waals surface area contributed by atoms with E-state index >= 15 is 0 Å². The lowest BCUT2D eigenvalue weighted by Crippen LogP contribution is -2.42. The summed E-state index contributed by atoms with van der Waals surface area (Å²) in [6.45, 7) is 13.6. The molecule has 2 fully saturated rings. The number of likely N-dealkylation sites (tertiary alicyclic amines) is 1. The van der Waals surface area contributed by atoms with Gasteiger partial charge in [0.25, 0.3) is 0 Å². The summed E-state index contributed by atoms with van der Waals surface area (Å²) in [5, 5.41) is 12.1. The Hall–Kier alpha value is -2.07. The molecule has 1 aliphatic heterocycles. The number of piperidine rings is 1. The number of fused-ring (bicyclic) bond motifs is 1. The highest BCUT2D eigenvalue weighted by molar-refractivity contribution is 5.90. The molecule has 180 valence electrons. The molecule has 2 aromatic rings. The number of ether oxygens (including phenoxy) is 1.